The molecule has 8 saturated heterocycles. The van der Waals surface area contributed by atoms with Crippen LogP contribution in [0.1, 0.15) is 136 Å². The Morgan fingerprint density at radius 3 is 0.847 bits per heavy atom. The molecule has 0 bridgehead atoms. The molecular formula is C69H114B4N16O44S4. The van der Waals surface area contributed by atoms with Gasteiger partial charge in [-0.1, -0.05) is 25.7 Å². The zero-order valence-corrected chi connectivity index (χ0v) is 77.2. The zero-order chi connectivity index (χ0) is 104. The first-order valence-electron chi connectivity index (χ1n) is 42.5. The smallest absolute Gasteiger partial charge is 0.507 e. The number of nitrogens with two attached hydrogens (primary N) is 8. The van der Waals surface area contributed by atoms with E-state index in [4.69, 9.17) is 124 Å². The normalized spacial score (nSPS) is 27.5. The molecule has 0 aromatic heterocycles. The van der Waals surface area contributed by atoms with Crippen molar-refractivity contribution in [3.63, 3.8) is 0 Å². The van der Waals surface area contributed by atoms with Crippen molar-refractivity contribution in [3.05, 3.63) is 0 Å². The molecule has 0 aromatic carbocycles. The van der Waals surface area contributed by atoms with E-state index in [0.717, 1.165) is 17.2 Å². The summed E-state index contributed by atoms with van der Waals surface area (Å²) in [6.45, 7) is 0.708. The lowest BCUT2D eigenvalue weighted by molar-refractivity contribution is -0.158. The van der Waals surface area contributed by atoms with Crippen LogP contribution in [0.4, 0.5) is 0 Å². The lowest BCUT2D eigenvalue weighted by Gasteiger charge is -2.26. The Balaban J connectivity index is 0.000000249. The van der Waals surface area contributed by atoms with Crippen molar-refractivity contribution in [2.45, 2.75) is 235 Å². The molecule has 0 spiro atoms. The van der Waals surface area contributed by atoms with Crippen molar-refractivity contribution in [1.82, 2.24) is 36.1 Å². The van der Waals surface area contributed by atoms with E-state index in [1.54, 1.807) is 13.8 Å². The number of rotatable bonds is 51. The Morgan fingerprint density at radius 2 is 0.635 bits per heavy atom. The van der Waals surface area contributed by atoms with E-state index in [9.17, 15) is 131 Å². The number of nitrogens with one attached hydrogen (secondary N) is 4. The van der Waals surface area contributed by atoms with Gasteiger partial charge >= 0.3 is 124 Å². The molecule has 60 nitrogen and oxygen atoms in total. The summed E-state index contributed by atoms with van der Waals surface area (Å²) in [5.74, 6) is -24.7. The van der Waals surface area contributed by atoms with Crippen molar-refractivity contribution in [1.29, 1.82) is 0 Å². The Morgan fingerprint density at radius 1 is 0.401 bits per heavy atom. The van der Waals surface area contributed by atoms with Gasteiger partial charge in [-0.05, 0) is 84.1 Å². The van der Waals surface area contributed by atoms with Crippen molar-refractivity contribution in [3.8, 4) is 0 Å². The van der Waals surface area contributed by atoms with Gasteiger partial charge in [0.1, 0.15) is 22.2 Å². The largest absolute Gasteiger partial charge is 0.528 e. The number of hydrogen-bond acceptors (Lipinski definition) is 40. The molecule has 4 unspecified atom stereocenters. The predicted octanol–water partition coefficient (Wildman–Crippen LogP) is -10.5. The van der Waals surface area contributed by atoms with Gasteiger partial charge < -0.3 is 144 Å². The second-order valence-corrected chi connectivity index (χ2v) is 42.6. The molecule has 10 rings (SSSR count). The third-order valence-electron chi connectivity index (χ3n) is 24.8. The fraction of sp³-hybridized carbons (Fsp3) is 0.768. The maximum absolute atomic E-state index is 12.9. The summed E-state index contributed by atoms with van der Waals surface area (Å²) in [6.07, 6.45) is -4.19. The summed E-state index contributed by atoms with van der Waals surface area (Å²) in [5, 5.41) is 111. The van der Waals surface area contributed by atoms with Crippen LogP contribution in [0.25, 0.3) is 0 Å². The number of carbonyl (C=O) groups is 16. The summed E-state index contributed by atoms with van der Waals surface area (Å²) < 4.78 is 155. The van der Waals surface area contributed by atoms with Crippen LogP contribution in [-0.2, 0) is 155 Å². The van der Waals surface area contributed by atoms with E-state index in [-0.39, 0.29) is 129 Å². The molecule has 10 fully saturated rings. The van der Waals surface area contributed by atoms with Crippen LogP contribution in [0.3, 0.4) is 0 Å². The van der Waals surface area contributed by atoms with Gasteiger partial charge in [-0.2, -0.15) is 60.3 Å². The summed E-state index contributed by atoms with van der Waals surface area (Å²) in [4.78, 5) is 185. The van der Waals surface area contributed by atoms with Crippen LogP contribution in [0, 0.1) is 23.7 Å². The van der Waals surface area contributed by atoms with E-state index < -0.39 is 334 Å². The average molecular weight is 2040 g/mol. The van der Waals surface area contributed by atoms with E-state index >= 15 is 0 Å². The Kier molecular flexibility index (Phi) is 37.8. The molecule has 0 aromatic rings. The summed E-state index contributed by atoms with van der Waals surface area (Å²) >= 11 is 0. The highest BCUT2D eigenvalue weighted by Gasteiger charge is 2.63. The van der Waals surface area contributed by atoms with E-state index in [2.05, 4.69) is 18.9 Å². The van der Waals surface area contributed by atoms with E-state index in [1.165, 1.54) is 0 Å². The Hall–Kier alpha value is -9.22. The van der Waals surface area contributed by atoms with Crippen LogP contribution in [-0.4, -0.2) is 382 Å². The van der Waals surface area contributed by atoms with Gasteiger partial charge in [-0.25, -0.2) is 9.44 Å². The van der Waals surface area contributed by atoms with Crippen molar-refractivity contribution >= 4 is 165 Å². The van der Waals surface area contributed by atoms with Crippen LogP contribution in [0.5, 0.6) is 0 Å². The number of hydrogen-bond donors (Lipinski definition) is 24. The van der Waals surface area contributed by atoms with Crippen molar-refractivity contribution < 1.29 is 209 Å². The third-order valence-corrected chi connectivity index (χ3v) is 31.0. The highest BCUT2D eigenvalue weighted by molar-refractivity contribution is 7.88. The van der Waals surface area contributed by atoms with Gasteiger partial charge in [-0.3, -0.25) is 76.7 Å². The molecular weight excluding hydrogens is 1930 g/mol. The lowest BCUT2D eigenvalue weighted by atomic mass is 9.78. The summed E-state index contributed by atoms with van der Waals surface area (Å²) in [5.41, 5.74) is 30.1. The molecule has 68 heteroatoms. The Labute approximate surface area is 783 Å². The Bertz CT molecular complexity index is 5000. The molecule has 10 aliphatic rings. The standard InChI is InChI=1S/C19H31BN4O11S.C17H27BN4O11S.C17H29BN4O11S.C16H27BN4O11S/c1-11(17(21)4-5-17)23-36(32,33)24-9-12(19(22,10-24)15(29)30)3-2-6-20-34-16(31)18(35-20,7-13(25)26)8-14(27)28;19-10-4-11(10)21-34(30,31)22-7-9(17(20,8-22)14(27)28)2-1-3-18-32-15(29)16(33-18,5-12(23)24)6-13(25)26;1-10(19)7-21-34(30,31)22-8-11(17(20,9-22)14(27)28)3-2-4-18-32-15(29)16(33-18,5-12(23)24)6-13(25)26;18-4-5-20-33(29,30)21-8-10(16(19,9-21)13(26)27)2-1-3-17-31-14(28)15(32-17,6-11(22)23)7-12(24)25/h11-12,23H,2-10,21-22H2,1H3,(H,25,26)(H,27,28)(H,29,30);9-11,21H,1-8,19-20H2,(H,23,24)(H,25,26)(H,27,28);10-11,21H,2-9,19-20H2,1H3,(H,23,24)(H,25,26)(H,27,28);10,20H,1-9,18-19H2,(H,22,23)(H,24,25)(H,26,27)/t11?,12-,19-;9-,10?,11?,17-;10?,11-,17-;10-,16-/m0000/s1. The molecule has 770 valence electrons. The molecule has 8 heterocycles. The fourth-order valence-electron chi connectivity index (χ4n) is 16.8. The highest BCUT2D eigenvalue weighted by atomic mass is 32.2. The maximum Gasteiger partial charge on any atom is 0.528 e. The zero-order valence-electron chi connectivity index (χ0n) is 73.9. The number of carboxylic acids is 12. The third kappa shape index (κ3) is 29.0. The van der Waals surface area contributed by atoms with Gasteiger partial charge in [-0.15, -0.1) is 0 Å². The monoisotopic (exact) mass is 2040 g/mol. The first-order chi connectivity index (χ1) is 63.1. The van der Waals surface area contributed by atoms with Crippen molar-refractivity contribution in [2.75, 3.05) is 72.0 Å². The summed E-state index contributed by atoms with van der Waals surface area (Å²) in [6, 6.07) is -1.71. The minimum Gasteiger partial charge on any atom is -0.507 e. The second-order valence-electron chi connectivity index (χ2n) is 35.6. The number of carbonyl (C=O) groups excluding carboxylic acids is 4. The molecule has 0 amide bonds. The number of carboxylic acid groups (broad SMARTS) is 12. The van der Waals surface area contributed by atoms with E-state index in [1.807, 2.05) is 0 Å². The van der Waals surface area contributed by atoms with Gasteiger partial charge in [0.05, 0.1) is 51.4 Å². The quantitative estimate of drug-likeness (QED) is 0.0252. The number of nitrogens with zero attached hydrogens (tertiary/aromatic N) is 4. The second kappa shape index (κ2) is 45.1. The number of aliphatic carboxylic acids is 12. The van der Waals surface area contributed by atoms with Gasteiger partial charge in [0.15, 0.2) is 22.4 Å². The molecule has 137 heavy (non-hydrogen) atoms. The molecule has 2 saturated carbocycles. The first-order valence-corrected chi connectivity index (χ1v) is 48.3. The van der Waals surface area contributed by atoms with Crippen molar-refractivity contribution in [2.24, 2.45) is 69.5 Å². The van der Waals surface area contributed by atoms with E-state index in [0.29, 0.717) is 19.3 Å². The van der Waals surface area contributed by atoms with Crippen LogP contribution in [0.2, 0.25) is 25.3 Å². The summed E-state index contributed by atoms with van der Waals surface area (Å²) in [7, 11) is -21.0. The van der Waals surface area contributed by atoms with Gasteiger partial charge in [0, 0.05) is 125 Å². The molecule has 2 aliphatic carbocycles. The van der Waals surface area contributed by atoms with Crippen LogP contribution >= 0.6 is 0 Å². The van der Waals surface area contributed by atoms with Gasteiger partial charge in [0.25, 0.3) is 40.8 Å². The van der Waals surface area contributed by atoms with Crippen LogP contribution in [0.15, 0.2) is 0 Å². The molecule has 12 atom stereocenters. The maximum atomic E-state index is 12.9. The lowest BCUT2D eigenvalue weighted by Crippen LogP contribution is -2.56. The molecule has 0 radical (unpaired) electrons. The first kappa shape index (κ1) is 115. The molecule has 32 N–H and O–H groups in total. The van der Waals surface area contributed by atoms with Crippen LogP contribution < -0.4 is 64.8 Å². The molecule has 8 aliphatic heterocycles. The predicted molar refractivity (Wildman–Crippen MR) is 458 cm³/mol. The average Bonchev–Trinajstić information content (AvgIpc) is 1.58. The fourth-order valence-corrected chi connectivity index (χ4v) is 22.7. The topological polar surface area (TPSA) is 996 Å². The minimum atomic E-state index is -4.07. The highest BCUT2D eigenvalue weighted by Crippen LogP contribution is 2.43. The van der Waals surface area contributed by atoms with Gasteiger partial charge in [0.2, 0.25) is 0 Å². The SMILES string of the molecule is CC(N)CNS(=O)(=O)N1C[C@H](CCCB2OC(=O)C(CC(=O)O)(CC(=O)O)O2)[C@](N)(C(=O)O)C1.CC(NS(=O)(=O)N1C[C@H](CCCB2OC(=O)C(CC(=O)O)(CC(=O)O)O2)[C@](N)(C(=O)O)C1)C1(N)CC1.NC1CC1NS(=O)(=O)N1C[C@H](CCCB2OC(=O)C(CC(=O)O)(CC(=O)O)O2)[C@](N)(C(=O)O)C1.NCCNS(=O)(=O)N1C[C@H](CCCB2OC(=O)C(CC(=O)O)(CC(=O)O)O2)[C@](N)(C(=O)O)C1. The minimum absolute atomic E-state index is 0.000848.